The molecule has 0 radical (unpaired) electrons. The summed E-state index contributed by atoms with van der Waals surface area (Å²) < 4.78 is 28.6. The van der Waals surface area contributed by atoms with Crippen LogP contribution in [-0.4, -0.2) is 36.3 Å². The quantitative estimate of drug-likeness (QED) is 0.266. The number of hydrogen-bond donors (Lipinski definition) is 3. The first-order chi connectivity index (χ1) is 19.2. The maximum absolute atomic E-state index is 14.1. The van der Waals surface area contributed by atoms with E-state index >= 15 is 0 Å². The van der Waals surface area contributed by atoms with Gasteiger partial charge in [0.2, 0.25) is 5.91 Å². The van der Waals surface area contributed by atoms with Crippen LogP contribution in [0.4, 0.5) is 15.8 Å². The molecule has 0 spiro atoms. The predicted octanol–water partition coefficient (Wildman–Crippen LogP) is 3.69. The van der Waals surface area contributed by atoms with Crippen LogP contribution in [0.2, 0.25) is 0 Å². The number of nitrogens with zero attached hydrogens (tertiary/aromatic N) is 2. The standard InChI is InChI=1S/C28H26FN5O5S/c1-38-20-13-8-17(14-21(20)39-2)24(27(36)32-15-16-6-4-3-5-7-16)34(19-11-9-18(29)10-12-19)28(37)25-22(30)23(26(31)35)33-40-25/h3-14,24H,15,30H2,1-2H3,(H2,31,35)(H,32,36). The topological polar surface area (TPSA) is 150 Å². The monoisotopic (exact) mass is 563 g/mol. The van der Waals surface area contributed by atoms with Gasteiger partial charge in [0.25, 0.3) is 11.8 Å². The van der Waals surface area contributed by atoms with Gasteiger partial charge in [-0.15, -0.1) is 0 Å². The Hall–Kier alpha value is -4.97. The molecule has 0 fully saturated rings. The fourth-order valence-electron chi connectivity index (χ4n) is 4.05. The molecule has 0 aliphatic carbocycles. The molecule has 5 N–H and O–H groups in total. The second kappa shape index (κ2) is 12.3. The maximum Gasteiger partial charge on any atom is 0.273 e. The number of nitrogens with two attached hydrogens (primary N) is 2. The van der Waals surface area contributed by atoms with Crippen molar-refractivity contribution in [2.24, 2.45) is 5.73 Å². The van der Waals surface area contributed by atoms with Crippen LogP contribution in [-0.2, 0) is 11.3 Å². The molecule has 206 valence electrons. The molecule has 3 aromatic carbocycles. The van der Waals surface area contributed by atoms with E-state index in [2.05, 4.69) is 9.69 Å². The third kappa shape index (κ3) is 5.86. The van der Waals surface area contributed by atoms with Crippen molar-refractivity contribution in [3.05, 3.63) is 100 Å². The minimum Gasteiger partial charge on any atom is -0.493 e. The Morgan fingerprint density at radius 3 is 2.27 bits per heavy atom. The third-order valence-electron chi connectivity index (χ3n) is 6.02. The molecule has 4 rings (SSSR count). The molecule has 1 atom stereocenters. The van der Waals surface area contributed by atoms with Gasteiger partial charge in [-0.2, -0.15) is 4.37 Å². The van der Waals surface area contributed by atoms with Crippen molar-refractivity contribution >= 4 is 40.6 Å². The number of ether oxygens (including phenoxy) is 2. The Morgan fingerprint density at radius 2 is 1.68 bits per heavy atom. The summed E-state index contributed by atoms with van der Waals surface area (Å²) in [5, 5.41) is 2.87. The van der Waals surface area contributed by atoms with Gasteiger partial charge in [-0.1, -0.05) is 36.4 Å². The number of amides is 3. The Bertz CT molecular complexity index is 1530. The van der Waals surface area contributed by atoms with Crippen LogP contribution >= 0.6 is 11.5 Å². The Kier molecular flexibility index (Phi) is 8.60. The van der Waals surface area contributed by atoms with Crippen molar-refractivity contribution < 1.29 is 28.2 Å². The first-order valence-electron chi connectivity index (χ1n) is 11.9. The molecule has 0 bridgehead atoms. The average molecular weight is 564 g/mol. The smallest absolute Gasteiger partial charge is 0.273 e. The number of nitrogen functional groups attached to an aromatic ring is 1. The van der Waals surface area contributed by atoms with Crippen molar-refractivity contribution in [2.75, 3.05) is 24.9 Å². The van der Waals surface area contributed by atoms with Crippen molar-refractivity contribution in [2.45, 2.75) is 12.6 Å². The van der Waals surface area contributed by atoms with E-state index in [4.69, 9.17) is 20.9 Å². The summed E-state index contributed by atoms with van der Waals surface area (Å²) in [5.41, 5.74) is 12.3. The summed E-state index contributed by atoms with van der Waals surface area (Å²) in [5.74, 6) is -2.01. The number of benzene rings is 3. The molecular weight excluding hydrogens is 537 g/mol. The Morgan fingerprint density at radius 1 is 1.00 bits per heavy atom. The Balaban J connectivity index is 1.87. The fraction of sp³-hybridized carbons (Fsp3) is 0.143. The number of methoxy groups -OCH3 is 2. The minimum absolute atomic E-state index is 0.112. The number of nitrogens with one attached hydrogen (secondary N) is 1. The van der Waals surface area contributed by atoms with E-state index < -0.39 is 29.6 Å². The van der Waals surface area contributed by atoms with Gasteiger partial charge in [0, 0.05) is 12.2 Å². The maximum atomic E-state index is 14.1. The van der Waals surface area contributed by atoms with E-state index in [0.29, 0.717) is 28.6 Å². The predicted molar refractivity (Wildman–Crippen MR) is 149 cm³/mol. The number of rotatable bonds is 10. The van der Waals surface area contributed by atoms with Gasteiger partial charge in [-0.25, -0.2) is 4.39 Å². The normalized spacial score (nSPS) is 11.4. The van der Waals surface area contributed by atoms with Crippen LogP contribution in [0.25, 0.3) is 0 Å². The first-order valence-corrected chi connectivity index (χ1v) is 12.7. The molecule has 1 heterocycles. The van der Waals surface area contributed by atoms with Crippen molar-refractivity contribution in [1.82, 2.24) is 9.69 Å². The highest BCUT2D eigenvalue weighted by molar-refractivity contribution is 7.09. The zero-order valence-electron chi connectivity index (χ0n) is 21.6. The van der Waals surface area contributed by atoms with Crippen LogP contribution in [0, 0.1) is 5.82 Å². The van der Waals surface area contributed by atoms with Gasteiger partial charge in [-0.05, 0) is 59.1 Å². The van der Waals surface area contributed by atoms with Crippen molar-refractivity contribution in [3.8, 4) is 11.5 Å². The van der Waals surface area contributed by atoms with E-state index in [0.717, 1.165) is 22.6 Å². The van der Waals surface area contributed by atoms with Gasteiger partial charge >= 0.3 is 0 Å². The SMILES string of the molecule is COc1ccc(C(C(=O)NCc2ccccc2)N(C(=O)c2snc(C(N)=O)c2N)c2ccc(F)cc2)cc1OC. The second-order valence-corrected chi connectivity index (χ2v) is 9.28. The van der Waals surface area contributed by atoms with Crippen LogP contribution in [0.15, 0.2) is 72.8 Å². The largest absolute Gasteiger partial charge is 0.493 e. The van der Waals surface area contributed by atoms with Crippen molar-refractivity contribution in [3.63, 3.8) is 0 Å². The molecule has 12 heteroatoms. The highest BCUT2D eigenvalue weighted by Crippen LogP contribution is 2.36. The fourth-order valence-corrected chi connectivity index (χ4v) is 4.79. The van der Waals surface area contributed by atoms with Crippen LogP contribution in [0.1, 0.15) is 37.3 Å². The van der Waals surface area contributed by atoms with Gasteiger partial charge in [0.05, 0.1) is 19.9 Å². The molecule has 3 amide bonds. The van der Waals surface area contributed by atoms with Gasteiger partial charge < -0.3 is 26.3 Å². The second-order valence-electron chi connectivity index (χ2n) is 8.51. The highest BCUT2D eigenvalue weighted by Gasteiger charge is 2.36. The lowest BCUT2D eigenvalue weighted by Crippen LogP contribution is -2.44. The lowest BCUT2D eigenvalue weighted by Gasteiger charge is -2.31. The third-order valence-corrected chi connectivity index (χ3v) is 6.87. The lowest BCUT2D eigenvalue weighted by molar-refractivity contribution is -0.122. The molecule has 0 saturated carbocycles. The number of aromatic nitrogens is 1. The summed E-state index contributed by atoms with van der Waals surface area (Å²) in [4.78, 5) is 40.8. The zero-order chi connectivity index (χ0) is 28.8. The zero-order valence-corrected chi connectivity index (χ0v) is 22.4. The number of anilines is 2. The van der Waals surface area contributed by atoms with Crippen LogP contribution in [0.5, 0.6) is 11.5 Å². The van der Waals surface area contributed by atoms with E-state index in [-0.39, 0.29) is 28.5 Å². The average Bonchev–Trinajstić information content (AvgIpc) is 3.36. The molecule has 1 aromatic heterocycles. The number of carbonyl (C=O) groups excluding carboxylic acids is 3. The number of halogens is 1. The van der Waals surface area contributed by atoms with Gasteiger partial charge in [0.1, 0.15) is 16.7 Å². The minimum atomic E-state index is -1.29. The summed E-state index contributed by atoms with van der Waals surface area (Å²) in [7, 11) is 2.91. The summed E-state index contributed by atoms with van der Waals surface area (Å²) in [6.45, 7) is 0.170. The molecule has 10 nitrogen and oxygen atoms in total. The number of hydrogen-bond acceptors (Lipinski definition) is 8. The highest BCUT2D eigenvalue weighted by atomic mass is 32.1. The lowest BCUT2D eigenvalue weighted by atomic mass is 10.0. The molecule has 1 unspecified atom stereocenters. The van der Waals surface area contributed by atoms with E-state index in [1.807, 2.05) is 30.3 Å². The van der Waals surface area contributed by atoms with Gasteiger partial charge in [-0.3, -0.25) is 19.3 Å². The van der Waals surface area contributed by atoms with Crippen molar-refractivity contribution in [1.29, 1.82) is 0 Å². The molecule has 40 heavy (non-hydrogen) atoms. The molecule has 0 aliphatic rings. The van der Waals surface area contributed by atoms with Crippen LogP contribution < -0.4 is 31.2 Å². The Labute approximate surface area is 233 Å². The number of carbonyl (C=O) groups is 3. The van der Waals surface area contributed by atoms with Gasteiger partial charge in [0.15, 0.2) is 17.2 Å². The van der Waals surface area contributed by atoms with E-state index in [1.165, 1.54) is 26.4 Å². The molecule has 4 aromatic rings. The first kappa shape index (κ1) is 28.0. The number of primary amides is 1. The summed E-state index contributed by atoms with van der Waals surface area (Å²) >= 11 is 0.669. The summed E-state index contributed by atoms with van der Waals surface area (Å²) in [6.07, 6.45) is 0. The van der Waals surface area contributed by atoms with E-state index in [1.54, 1.807) is 18.2 Å². The molecular formula is C28H26FN5O5S. The molecule has 0 saturated heterocycles. The van der Waals surface area contributed by atoms with Crippen LogP contribution in [0.3, 0.4) is 0 Å². The summed E-state index contributed by atoms with van der Waals surface area (Å²) in [6, 6.07) is 17.8. The molecule has 0 aliphatic heterocycles. The van der Waals surface area contributed by atoms with E-state index in [9.17, 15) is 18.8 Å².